The molecule has 0 aromatic heterocycles. The molecule has 0 aromatic carbocycles. The average Bonchev–Trinajstić information content (AvgIpc) is 2.38. The molecule has 1 N–H and O–H groups in total. The minimum absolute atomic E-state index is 0.211. The monoisotopic (exact) mass is 140 g/mol. The highest BCUT2D eigenvalue weighted by atomic mass is 16.3. The van der Waals surface area contributed by atoms with Crippen molar-refractivity contribution in [3.05, 3.63) is 12.2 Å². The van der Waals surface area contributed by atoms with Gasteiger partial charge in [-0.1, -0.05) is 26.0 Å². The zero-order valence-corrected chi connectivity index (χ0v) is 7.02. The van der Waals surface area contributed by atoms with Gasteiger partial charge in [-0.2, -0.15) is 0 Å². The Bertz CT molecular complexity index is 160. The summed E-state index contributed by atoms with van der Waals surface area (Å²) in [5.41, 5.74) is 1.47. The maximum atomic E-state index is 9.27. The molecule has 0 amide bonds. The first-order chi connectivity index (χ1) is 4.54. The predicted molar refractivity (Wildman–Crippen MR) is 42.7 cm³/mol. The second-order valence-electron chi connectivity index (χ2n) is 3.51. The minimum atomic E-state index is -0.211. The van der Waals surface area contributed by atoms with Gasteiger partial charge in [0.05, 0.1) is 6.10 Å². The van der Waals surface area contributed by atoms with Crippen LogP contribution < -0.4 is 0 Å². The molecule has 1 aliphatic rings. The van der Waals surface area contributed by atoms with Crippen molar-refractivity contribution in [3.63, 3.8) is 0 Å². The van der Waals surface area contributed by atoms with Crippen LogP contribution in [0.5, 0.6) is 0 Å². The lowest BCUT2D eigenvalue weighted by atomic mass is 10.0. The van der Waals surface area contributed by atoms with Gasteiger partial charge in [-0.25, -0.2) is 0 Å². The van der Waals surface area contributed by atoms with Crippen LogP contribution in [0.1, 0.15) is 27.2 Å². The first-order valence-electron chi connectivity index (χ1n) is 3.91. The Morgan fingerprint density at radius 3 is 2.40 bits per heavy atom. The van der Waals surface area contributed by atoms with Gasteiger partial charge in [-0.3, -0.25) is 0 Å². The van der Waals surface area contributed by atoms with Crippen molar-refractivity contribution in [1.29, 1.82) is 0 Å². The third-order valence-electron chi connectivity index (χ3n) is 2.93. The SMILES string of the molecule is C=C1C(C(C)O)C1(C)CC. The van der Waals surface area contributed by atoms with E-state index >= 15 is 0 Å². The van der Waals surface area contributed by atoms with Crippen molar-refractivity contribution >= 4 is 0 Å². The predicted octanol–water partition coefficient (Wildman–Crippen LogP) is 1.97. The van der Waals surface area contributed by atoms with Crippen LogP contribution in [0.4, 0.5) is 0 Å². The summed E-state index contributed by atoms with van der Waals surface area (Å²) in [5, 5.41) is 9.27. The van der Waals surface area contributed by atoms with Gasteiger partial charge in [0, 0.05) is 5.92 Å². The highest BCUT2D eigenvalue weighted by Gasteiger charge is 2.55. The average molecular weight is 140 g/mol. The minimum Gasteiger partial charge on any atom is -0.393 e. The first-order valence-corrected chi connectivity index (χ1v) is 3.91. The lowest BCUT2D eigenvalue weighted by molar-refractivity contribution is 0.153. The highest BCUT2D eigenvalue weighted by Crippen LogP contribution is 2.60. The van der Waals surface area contributed by atoms with Crippen LogP contribution in [0.3, 0.4) is 0 Å². The molecule has 1 saturated carbocycles. The Balaban J connectivity index is 2.64. The summed E-state index contributed by atoms with van der Waals surface area (Å²) in [6.45, 7) is 10.1. The van der Waals surface area contributed by atoms with Gasteiger partial charge in [0.2, 0.25) is 0 Å². The van der Waals surface area contributed by atoms with Crippen LogP contribution in [0, 0.1) is 11.3 Å². The third-order valence-corrected chi connectivity index (χ3v) is 2.93. The Labute approximate surface area is 62.8 Å². The number of aliphatic hydroxyl groups is 1. The van der Waals surface area contributed by atoms with Crippen molar-refractivity contribution in [1.82, 2.24) is 0 Å². The number of hydrogen-bond donors (Lipinski definition) is 1. The van der Waals surface area contributed by atoms with Crippen molar-refractivity contribution in [2.75, 3.05) is 0 Å². The van der Waals surface area contributed by atoms with Crippen LogP contribution in [-0.2, 0) is 0 Å². The van der Waals surface area contributed by atoms with Gasteiger partial charge in [0.15, 0.2) is 0 Å². The van der Waals surface area contributed by atoms with E-state index in [1.54, 1.807) is 0 Å². The largest absolute Gasteiger partial charge is 0.393 e. The summed E-state index contributed by atoms with van der Waals surface area (Å²) in [4.78, 5) is 0. The fourth-order valence-electron chi connectivity index (χ4n) is 1.87. The molecule has 0 bridgehead atoms. The fraction of sp³-hybridized carbons (Fsp3) is 0.778. The second kappa shape index (κ2) is 2.09. The summed E-state index contributed by atoms with van der Waals surface area (Å²) >= 11 is 0. The standard InChI is InChI=1S/C9H16O/c1-5-9(4)6(2)8(9)7(3)10/h7-8,10H,2,5H2,1,3-4H3. The molecule has 0 spiro atoms. The number of aliphatic hydroxyl groups excluding tert-OH is 1. The molecule has 0 saturated heterocycles. The molecule has 10 heavy (non-hydrogen) atoms. The van der Waals surface area contributed by atoms with Gasteiger partial charge in [-0.15, -0.1) is 0 Å². The Kier molecular flexibility index (Phi) is 1.63. The lowest BCUT2D eigenvalue weighted by Crippen LogP contribution is -2.08. The van der Waals surface area contributed by atoms with E-state index in [0.717, 1.165) is 6.42 Å². The first kappa shape index (κ1) is 7.80. The molecular formula is C9H16O. The van der Waals surface area contributed by atoms with Crippen LogP contribution >= 0.6 is 0 Å². The topological polar surface area (TPSA) is 20.2 Å². The molecule has 0 aromatic rings. The van der Waals surface area contributed by atoms with E-state index < -0.39 is 0 Å². The van der Waals surface area contributed by atoms with Crippen molar-refractivity contribution in [3.8, 4) is 0 Å². The third kappa shape index (κ3) is 0.807. The van der Waals surface area contributed by atoms with E-state index in [2.05, 4.69) is 20.4 Å². The maximum absolute atomic E-state index is 9.27. The molecule has 3 atom stereocenters. The summed E-state index contributed by atoms with van der Waals surface area (Å²) < 4.78 is 0. The molecule has 58 valence electrons. The van der Waals surface area contributed by atoms with Crippen LogP contribution in [-0.4, -0.2) is 11.2 Å². The van der Waals surface area contributed by atoms with Gasteiger partial charge < -0.3 is 5.11 Å². The summed E-state index contributed by atoms with van der Waals surface area (Å²) in [7, 11) is 0. The van der Waals surface area contributed by atoms with Crippen LogP contribution in [0.25, 0.3) is 0 Å². The van der Waals surface area contributed by atoms with E-state index in [9.17, 15) is 5.11 Å². The van der Waals surface area contributed by atoms with E-state index in [1.165, 1.54) is 5.57 Å². The van der Waals surface area contributed by atoms with Crippen molar-refractivity contribution < 1.29 is 5.11 Å². The zero-order chi connectivity index (χ0) is 7.94. The molecule has 1 rings (SSSR count). The molecule has 1 fully saturated rings. The number of rotatable bonds is 2. The second-order valence-corrected chi connectivity index (χ2v) is 3.51. The maximum Gasteiger partial charge on any atom is 0.0585 e. The highest BCUT2D eigenvalue weighted by molar-refractivity contribution is 5.35. The van der Waals surface area contributed by atoms with Crippen LogP contribution in [0.2, 0.25) is 0 Å². The molecule has 1 heteroatoms. The summed E-state index contributed by atoms with van der Waals surface area (Å²) in [6.07, 6.45) is 0.888. The molecule has 0 aliphatic heterocycles. The van der Waals surface area contributed by atoms with E-state index in [0.29, 0.717) is 5.92 Å². The smallest absolute Gasteiger partial charge is 0.0585 e. The Hall–Kier alpha value is -0.300. The van der Waals surface area contributed by atoms with E-state index in [1.807, 2.05) is 6.92 Å². The van der Waals surface area contributed by atoms with Gasteiger partial charge in [0.25, 0.3) is 0 Å². The van der Waals surface area contributed by atoms with Gasteiger partial charge in [0.1, 0.15) is 0 Å². The molecule has 3 unspecified atom stereocenters. The summed E-state index contributed by atoms with van der Waals surface area (Å²) in [6, 6.07) is 0. The zero-order valence-electron chi connectivity index (χ0n) is 7.02. The molecule has 1 nitrogen and oxygen atoms in total. The van der Waals surface area contributed by atoms with Gasteiger partial charge >= 0.3 is 0 Å². The normalized spacial score (nSPS) is 41.6. The molecule has 0 heterocycles. The Morgan fingerprint density at radius 1 is 1.80 bits per heavy atom. The molecular weight excluding hydrogens is 124 g/mol. The van der Waals surface area contributed by atoms with Crippen LogP contribution in [0.15, 0.2) is 12.2 Å². The number of hydrogen-bond acceptors (Lipinski definition) is 1. The lowest BCUT2D eigenvalue weighted by Gasteiger charge is -2.07. The molecule has 1 aliphatic carbocycles. The fourth-order valence-corrected chi connectivity index (χ4v) is 1.87. The van der Waals surface area contributed by atoms with E-state index in [4.69, 9.17) is 0 Å². The molecule has 0 radical (unpaired) electrons. The quantitative estimate of drug-likeness (QED) is 0.581. The van der Waals surface area contributed by atoms with Crippen molar-refractivity contribution in [2.45, 2.75) is 33.3 Å². The Morgan fingerprint density at radius 2 is 2.30 bits per heavy atom. The van der Waals surface area contributed by atoms with Crippen molar-refractivity contribution in [2.24, 2.45) is 11.3 Å². The van der Waals surface area contributed by atoms with Gasteiger partial charge in [-0.05, 0) is 18.8 Å². The van der Waals surface area contributed by atoms with E-state index in [-0.39, 0.29) is 11.5 Å². The summed E-state index contributed by atoms with van der Waals surface area (Å²) in [5.74, 6) is 0.359.